The molecule has 0 saturated carbocycles. The fourth-order valence-electron chi connectivity index (χ4n) is 4.08. The molecule has 0 saturated heterocycles. The van der Waals surface area contributed by atoms with E-state index in [4.69, 9.17) is 0 Å². The lowest BCUT2D eigenvalue weighted by molar-refractivity contribution is 0.0696. The average Bonchev–Trinajstić information content (AvgIpc) is 2.77. The molecule has 0 fully saturated rings. The van der Waals surface area contributed by atoms with Gasteiger partial charge in [-0.2, -0.15) is 0 Å². The third kappa shape index (κ3) is 3.66. The van der Waals surface area contributed by atoms with Crippen LogP contribution in [0.4, 0.5) is 0 Å². The number of rotatable bonds is 6. The van der Waals surface area contributed by atoms with Crippen molar-refractivity contribution >= 4 is 16.7 Å². The predicted molar refractivity (Wildman–Crippen MR) is 120 cm³/mol. The molecule has 0 aliphatic carbocycles. The van der Waals surface area contributed by atoms with Crippen molar-refractivity contribution in [2.45, 2.75) is 26.2 Å². The van der Waals surface area contributed by atoms with Crippen molar-refractivity contribution < 1.29 is 9.90 Å². The van der Waals surface area contributed by atoms with E-state index in [1.807, 2.05) is 54.6 Å². The summed E-state index contributed by atoms with van der Waals surface area (Å²) in [4.78, 5) is 12.2. The van der Waals surface area contributed by atoms with Crippen LogP contribution in [0.25, 0.3) is 33.0 Å². The molecule has 2 nitrogen and oxygen atoms in total. The molecule has 0 radical (unpaired) electrons. The van der Waals surface area contributed by atoms with Crippen molar-refractivity contribution in [3.05, 3.63) is 96.1 Å². The lowest BCUT2D eigenvalue weighted by atomic mass is 9.84. The Morgan fingerprint density at radius 2 is 1.48 bits per heavy atom. The second-order valence-corrected chi connectivity index (χ2v) is 7.32. The Morgan fingerprint density at radius 3 is 2.10 bits per heavy atom. The monoisotopic (exact) mass is 380 g/mol. The Labute approximate surface area is 171 Å². The molecular weight excluding hydrogens is 356 g/mol. The quantitative estimate of drug-likeness (QED) is 0.383. The molecule has 0 atom stereocenters. The zero-order valence-corrected chi connectivity index (χ0v) is 16.6. The summed E-state index contributed by atoms with van der Waals surface area (Å²) in [7, 11) is 0. The molecule has 0 aliphatic rings. The number of aromatic carboxylic acids is 1. The van der Waals surface area contributed by atoms with E-state index >= 15 is 0 Å². The minimum Gasteiger partial charge on any atom is -0.478 e. The van der Waals surface area contributed by atoms with E-state index in [1.165, 1.54) is 0 Å². The Hall–Kier alpha value is -3.39. The van der Waals surface area contributed by atoms with Crippen molar-refractivity contribution in [1.29, 1.82) is 0 Å². The molecule has 1 N–H and O–H groups in total. The molecule has 0 spiro atoms. The highest BCUT2D eigenvalue weighted by Crippen LogP contribution is 2.40. The van der Waals surface area contributed by atoms with Gasteiger partial charge in [-0.25, -0.2) is 4.79 Å². The first-order valence-electron chi connectivity index (χ1n) is 10.1. The molecule has 0 heterocycles. The molecule has 0 bridgehead atoms. The number of carbonyl (C=O) groups is 1. The number of hydrogen-bond donors (Lipinski definition) is 1. The van der Waals surface area contributed by atoms with Crippen LogP contribution in [0.1, 0.15) is 35.7 Å². The van der Waals surface area contributed by atoms with Crippen LogP contribution < -0.4 is 0 Å². The van der Waals surface area contributed by atoms with E-state index in [0.717, 1.165) is 57.9 Å². The molecule has 4 aromatic carbocycles. The highest BCUT2D eigenvalue weighted by Gasteiger charge is 2.20. The lowest BCUT2D eigenvalue weighted by Gasteiger charge is -2.19. The Bertz CT molecular complexity index is 1150. The maximum absolute atomic E-state index is 12.2. The van der Waals surface area contributed by atoms with Crippen LogP contribution in [0.2, 0.25) is 0 Å². The van der Waals surface area contributed by atoms with Crippen LogP contribution in [0.5, 0.6) is 0 Å². The van der Waals surface area contributed by atoms with Crippen molar-refractivity contribution in [1.82, 2.24) is 0 Å². The van der Waals surface area contributed by atoms with Gasteiger partial charge in [0.15, 0.2) is 0 Å². The summed E-state index contributed by atoms with van der Waals surface area (Å²) in [6.07, 6.45) is 2.73. The zero-order valence-electron chi connectivity index (χ0n) is 16.6. The number of carboxylic acids is 1. The molecule has 144 valence electrons. The topological polar surface area (TPSA) is 37.3 Å². The summed E-state index contributed by atoms with van der Waals surface area (Å²) >= 11 is 0. The summed E-state index contributed by atoms with van der Waals surface area (Å²) < 4.78 is 0. The predicted octanol–water partition coefficient (Wildman–Crippen LogP) is 7.21. The maximum Gasteiger partial charge on any atom is 0.336 e. The minimum atomic E-state index is -0.861. The molecule has 4 rings (SSSR count). The van der Waals surface area contributed by atoms with E-state index in [2.05, 4.69) is 37.3 Å². The van der Waals surface area contributed by atoms with Gasteiger partial charge in [0.1, 0.15) is 0 Å². The smallest absolute Gasteiger partial charge is 0.336 e. The van der Waals surface area contributed by atoms with Gasteiger partial charge in [0.05, 0.1) is 5.56 Å². The summed E-state index contributed by atoms with van der Waals surface area (Å²) in [5.41, 5.74) is 5.73. The van der Waals surface area contributed by atoms with Gasteiger partial charge in [0.25, 0.3) is 0 Å². The zero-order chi connectivity index (χ0) is 20.2. The number of fused-ring (bicyclic) bond motifs is 1. The molecule has 0 unspecified atom stereocenters. The van der Waals surface area contributed by atoms with Gasteiger partial charge in [-0.1, -0.05) is 92.2 Å². The molecule has 29 heavy (non-hydrogen) atoms. The van der Waals surface area contributed by atoms with Crippen molar-refractivity contribution in [3.63, 3.8) is 0 Å². The van der Waals surface area contributed by atoms with Crippen molar-refractivity contribution in [2.24, 2.45) is 0 Å². The SMILES string of the molecule is CCCCc1c(C(=O)O)cc2cccc(-c3ccccc3)c2c1-c1ccccc1. The number of carboxylic acid groups (broad SMARTS) is 1. The van der Waals surface area contributed by atoms with Crippen LogP contribution >= 0.6 is 0 Å². The Morgan fingerprint density at radius 1 is 0.828 bits per heavy atom. The number of unbranched alkanes of at least 4 members (excludes halogenated alkanes) is 1. The van der Waals surface area contributed by atoms with Gasteiger partial charge < -0.3 is 5.11 Å². The van der Waals surface area contributed by atoms with Gasteiger partial charge in [0, 0.05) is 0 Å². The van der Waals surface area contributed by atoms with Gasteiger partial charge in [-0.05, 0) is 57.5 Å². The second-order valence-electron chi connectivity index (χ2n) is 7.32. The van der Waals surface area contributed by atoms with Gasteiger partial charge in [-0.3, -0.25) is 0 Å². The number of benzene rings is 4. The van der Waals surface area contributed by atoms with E-state index in [0.29, 0.717) is 5.56 Å². The first kappa shape index (κ1) is 18.9. The summed E-state index contributed by atoms with van der Waals surface area (Å²) in [6.45, 7) is 2.14. The van der Waals surface area contributed by atoms with Crippen LogP contribution in [0.15, 0.2) is 84.9 Å². The van der Waals surface area contributed by atoms with Crippen molar-refractivity contribution in [3.8, 4) is 22.3 Å². The Kier molecular flexibility index (Phi) is 5.44. The highest BCUT2D eigenvalue weighted by atomic mass is 16.4. The second kappa shape index (κ2) is 8.32. The van der Waals surface area contributed by atoms with E-state index in [1.54, 1.807) is 0 Å². The lowest BCUT2D eigenvalue weighted by Crippen LogP contribution is -2.06. The van der Waals surface area contributed by atoms with Crippen LogP contribution in [0, 0.1) is 0 Å². The van der Waals surface area contributed by atoms with Crippen LogP contribution in [0.3, 0.4) is 0 Å². The highest BCUT2D eigenvalue weighted by molar-refractivity contribution is 6.11. The van der Waals surface area contributed by atoms with Gasteiger partial charge in [-0.15, -0.1) is 0 Å². The molecule has 4 aromatic rings. The third-order valence-corrected chi connectivity index (χ3v) is 5.43. The average molecular weight is 380 g/mol. The summed E-state index contributed by atoms with van der Waals surface area (Å²) in [6, 6.07) is 28.5. The summed E-state index contributed by atoms with van der Waals surface area (Å²) in [5, 5.41) is 12.1. The Balaban J connectivity index is 2.15. The first-order chi connectivity index (χ1) is 14.2. The molecule has 0 aliphatic heterocycles. The largest absolute Gasteiger partial charge is 0.478 e. The van der Waals surface area contributed by atoms with Crippen LogP contribution in [-0.2, 0) is 6.42 Å². The standard InChI is InChI=1S/C27H24O2/c1-2-3-16-23-24(27(28)29)18-21-15-10-17-22(19-11-6-4-7-12-19)26(21)25(23)20-13-8-5-9-14-20/h4-15,17-18H,2-3,16H2,1H3,(H,28,29). The molecule has 0 amide bonds. The minimum absolute atomic E-state index is 0.412. The van der Waals surface area contributed by atoms with Gasteiger partial charge in [0.2, 0.25) is 0 Å². The van der Waals surface area contributed by atoms with Crippen molar-refractivity contribution in [2.75, 3.05) is 0 Å². The van der Waals surface area contributed by atoms with Gasteiger partial charge >= 0.3 is 5.97 Å². The summed E-state index contributed by atoms with van der Waals surface area (Å²) in [5.74, 6) is -0.861. The normalized spacial score (nSPS) is 10.9. The fourth-order valence-corrected chi connectivity index (χ4v) is 4.08. The van der Waals surface area contributed by atoms with E-state index < -0.39 is 5.97 Å². The third-order valence-electron chi connectivity index (χ3n) is 5.43. The van der Waals surface area contributed by atoms with E-state index in [-0.39, 0.29) is 0 Å². The number of hydrogen-bond acceptors (Lipinski definition) is 1. The maximum atomic E-state index is 12.2. The molecule has 0 aromatic heterocycles. The molecular formula is C27H24O2. The first-order valence-corrected chi connectivity index (χ1v) is 10.1. The molecule has 2 heteroatoms. The van der Waals surface area contributed by atoms with E-state index in [9.17, 15) is 9.90 Å². The fraction of sp³-hybridized carbons (Fsp3) is 0.148. The van der Waals surface area contributed by atoms with Crippen LogP contribution in [-0.4, -0.2) is 11.1 Å².